The van der Waals surface area contributed by atoms with Gasteiger partial charge in [0.25, 0.3) is 0 Å². The second-order valence-corrected chi connectivity index (χ2v) is 6.98. The molecule has 22 heavy (non-hydrogen) atoms. The van der Waals surface area contributed by atoms with E-state index in [9.17, 15) is 0 Å². The maximum Gasteiger partial charge on any atom is 0.107 e. The average Bonchev–Trinajstić information content (AvgIpc) is 3.15. The van der Waals surface area contributed by atoms with Gasteiger partial charge in [-0.05, 0) is 24.4 Å². The summed E-state index contributed by atoms with van der Waals surface area (Å²) >= 11 is 1.84. The highest BCUT2D eigenvalue weighted by Crippen LogP contribution is 2.33. The lowest BCUT2D eigenvalue weighted by atomic mass is 9.89. The van der Waals surface area contributed by atoms with E-state index in [1.165, 1.54) is 15.4 Å². The molecule has 0 bridgehead atoms. The molecule has 0 radical (unpaired) electrons. The van der Waals surface area contributed by atoms with E-state index in [4.69, 9.17) is 5.73 Å². The molecular formula is C17H24ClN3S. The summed E-state index contributed by atoms with van der Waals surface area (Å²) in [5, 5.41) is 1.23. The first kappa shape index (κ1) is 17.4. The molecule has 120 valence electrons. The first-order chi connectivity index (χ1) is 10.3. The molecule has 0 aliphatic carbocycles. The van der Waals surface area contributed by atoms with E-state index in [1.807, 2.05) is 17.5 Å². The summed E-state index contributed by atoms with van der Waals surface area (Å²) in [6.45, 7) is 6.08. The van der Waals surface area contributed by atoms with E-state index < -0.39 is 0 Å². The zero-order valence-electron chi connectivity index (χ0n) is 12.9. The molecular weight excluding hydrogens is 314 g/mol. The number of aryl methyl sites for hydroxylation is 1. The topological polar surface area (TPSA) is 42.2 Å². The monoisotopic (exact) mass is 337 g/mol. The Balaban J connectivity index is 0.00000176. The highest BCUT2D eigenvalue weighted by atomic mass is 35.5. The van der Waals surface area contributed by atoms with E-state index in [1.54, 1.807) is 0 Å². The molecule has 1 aromatic carbocycles. The van der Waals surface area contributed by atoms with Crippen LogP contribution in [0.2, 0.25) is 0 Å². The largest absolute Gasteiger partial charge is 0.330 e. The van der Waals surface area contributed by atoms with Gasteiger partial charge in [-0.1, -0.05) is 37.3 Å². The van der Waals surface area contributed by atoms with Crippen LogP contribution in [0.15, 0.2) is 36.5 Å². The van der Waals surface area contributed by atoms with Crippen LogP contribution >= 0.6 is 23.7 Å². The third kappa shape index (κ3) is 3.87. The van der Waals surface area contributed by atoms with E-state index in [0.717, 1.165) is 32.6 Å². The van der Waals surface area contributed by atoms with Crippen molar-refractivity contribution in [2.45, 2.75) is 25.8 Å². The summed E-state index contributed by atoms with van der Waals surface area (Å²) in [7, 11) is 0. The predicted molar refractivity (Wildman–Crippen MR) is 95.7 cm³/mol. The molecule has 0 saturated carbocycles. The van der Waals surface area contributed by atoms with Gasteiger partial charge >= 0.3 is 0 Å². The lowest BCUT2D eigenvalue weighted by Crippen LogP contribution is -2.23. The van der Waals surface area contributed by atoms with E-state index >= 15 is 0 Å². The average molecular weight is 338 g/mol. The normalized spacial score (nSPS) is 21.7. The number of hydrogen-bond acceptors (Lipinski definition) is 4. The first-order valence-corrected chi connectivity index (χ1v) is 8.52. The minimum atomic E-state index is 0. The molecule has 2 heterocycles. The van der Waals surface area contributed by atoms with E-state index in [2.05, 4.69) is 47.1 Å². The minimum absolute atomic E-state index is 0. The smallest absolute Gasteiger partial charge is 0.107 e. The van der Waals surface area contributed by atoms with Gasteiger partial charge in [0.15, 0.2) is 0 Å². The van der Waals surface area contributed by atoms with Crippen molar-refractivity contribution in [1.82, 2.24) is 9.88 Å². The summed E-state index contributed by atoms with van der Waals surface area (Å²) in [5.41, 5.74) is 7.42. The number of hydrogen-bond donors (Lipinski definition) is 1. The molecule has 0 spiro atoms. The Morgan fingerprint density at radius 3 is 2.68 bits per heavy atom. The second kappa shape index (κ2) is 8.06. The van der Waals surface area contributed by atoms with Crippen LogP contribution in [0.25, 0.3) is 0 Å². The zero-order chi connectivity index (χ0) is 14.7. The van der Waals surface area contributed by atoms with Gasteiger partial charge < -0.3 is 5.73 Å². The van der Waals surface area contributed by atoms with E-state index in [0.29, 0.717) is 11.8 Å². The van der Waals surface area contributed by atoms with Crippen LogP contribution in [0, 0.1) is 5.92 Å². The molecule has 1 aromatic heterocycles. The molecule has 1 aliphatic rings. The molecule has 5 heteroatoms. The summed E-state index contributed by atoms with van der Waals surface area (Å²) in [5.74, 6) is 1.11. The first-order valence-electron chi connectivity index (χ1n) is 7.71. The van der Waals surface area contributed by atoms with Crippen molar-refractivity contribution in [2.75, 3.05) is 19.6 Å². The van der Waals surface area contributed by atoms with Gasteiger partial charge in [-0.15, -0.1) is 23.7 Å². The van der Waals surface area contributed by atoms with Crippen molar-refractivity contribution >= 4 is 23.7 Å². The van der Waals surface area contributed by atoms with Gasteiger partial charge in [-0.3, -0.25) is 4.90 Å². The number of nitrogens with two attached hydrogens (primary N) is 1. The van der Waals surface area contributed by atoms with Crippen molar-refractivity contribution in [3.63, 3.8) is 0 Å². The standard InChI is InChI=1S/C17H23N3S.ClH/c1-2-15-9-19-17(21-15)12-20-10-14(8-18)16(11-20)13-6-4-3-5-7-13;/h3-7,9,14,16H,2,8,10-12,18H2,1H3;1H/t14-,16+;/m1./s1. The maximum atomic E-state index is 6.00. The molecule has 2 atom stereocenters. The highest BCUT2D eigenvalue weighted by molar-refractivity contribution is 7.11. The van der Waals surface area contributed by atoms with Crippen LogP contribution in [0.4, 0.5) is 0 Å². The van der Waals surface area contributed by atoms with Crippen LogP contribution < -0.4 is 5.73 Å². The quantitative estimate of drug-likeness (QED) is 0.910. The number of aromatic nitrogens is 1. The predicted octanol–water partition coefficient (Wildman–Crippen LogP) is 3.30. The second-order valence-electron chi connectivity index (χ2n) is 5.78. The molecule has 2 aromatic rings. The fraction of sp³-hybridized carbons (Fsp3) is 0.471. The number of rotatable bonds is 5. The highest BCUT2D eigenvalue weighted by Gasteiger charge is 2.32. The lowest BCUT2D eigenvalue weighted by molar-refractivity contribution is 0.316. The Morgan fingerprint density at radius 2 is 2.05 bits per heavy atom. The third-order valence-corrected chi connectivity index (χ3v) is 5.48. The molecule has 2 N–H and O–H groups in total. The van der Waals surface area contributed by atoms with Gasteiger partial charge in [0.05, 0.1) is 6.54 Å². The van der Waals surface area contributed by atoms with Gasteiger partial charge in [0, 0.05) is 30.1 Å². The van der Waals surface area contributed by atoms with Crippen molar-refractivity contribution in [2.24, 2.45) is 11.7 Å². The molecule has 3 rings (SSSR count). The Bertz CT molecular complexity index is 572. The molecule has 1 fully saturated rings. The van der Waals surface area contributed by atoms with Crippen LogP contribution in [-0.4, -0.2) is 29.5 Å². The molecule has 0 unspecified atom stereocenters. The molecule has 0 amide bonds. The SMILES string of the molecule is CCc1cnc(CN2C[C@@H](CN)[C@H](c3ccccc3)C2)s1.Cl. The Kier molecular flexibility index (Phi) is 6.38. The van der Waals surface area contributed by atoms with Crippen molar-refractivity contribution in [1.29, 1.82) is 0 Å². The van der Waals surface area contributed by atoms with Crippen LogP contribution in [0.1, 0.15) is 28.3 Å². The fourth-order valence-corrected chi connectivity index (χ4v) is 4.09. The Hall–Kier alpha value is -0.940. The number of nitrogens with zero attached hydrogens (tertiary/aromatic N) is 2. The van der Waals surface area contributed by atoms with Gasteiger partial charge in [-0.2, -0.15) is 0 Å². The Morgan fingerprint density at radius 1 is 1.27 bits per heavy atom. The number of thiazole rings is 1. The summed E-state index contributed by atoms with van der Waals surface area (Å²) < 4.78 is 0. The number of benzene rings is 1. The third-order valence-electron chi connectivity index (χ3n) is 4.36. The van der Waals surface area contributed by atoms with Gasteiger partial charge in [0.2, 0.25) is 0 Å². The number of likely N-dealkylation sites (tertiary alicyclic amines) is 1. The minimum Gasteiger partial charge on any atom is -0.330 e. The molecule has 3 nitrogen and oxygen atoms in total. The van der Waals surface area contributed by atoms with Crippen molar-refractivity contribution < 1.29 is 0 Å². The fourth-order valence-electron chi connectivity index (χ4n) is 3.18. The van der Waals surface area contributed by atoms with Crippen LogP contribution in [0.5, 0.6) is 0 Å². The maximum absolute atomic E-state index is 6.00. The summed E-state index contributed by atoms with van der Waals surface area (Å²) in [6, 6.07) is 10.8. The number of halogens is 1. The van der Waals surface area contributed by atoms with Crippen molar-refractivity contribution in [3.8, 4) is 0 Å². The molecule has 1 aliphatic heterocycles. The Labute approximate surface area is 143 Å². The van der Waals surface area contributed by atoms with Crippen LogP contribution in [0.3, 0.4) is 0 Å². The van der Waals surface area contributed by atoms with Crippen LogP contribution in [-0.2, 0) is 13.0 Å². The zero-order valence-corrected chi connectivity index (χ0v) is 14.6. The molecule has 1 saturated heterocycles. The summed E-state index contributed by atoms with van der Waals surface area (Å²) in [4.78, 5) is 8.43. The van der Waals surface area contributed by atoms with Gasteiger partial charge in [0.1, 0.15) is 5.01 Å². The van der Waals surface area contributed by atoms with Crippen molar-refractivity contribution in [3.05, 3.63) is 52.0 Å². The van der Waals surface area contributed by atoms with Gasteiger partial charge in [-0.25, -0.2) is 4.98 Å². The van der Waals surface area contributed by atoms with E-state index in [-0.39, 0.29) is 12.4 Å². The summed E-state index contributed by atoms with van der Waals surface area (Å²) in [6.07, 6.45) is 3.10. The lowest BCUT2D eigenvalue weighted by Gasteiger charge is -2.16.